The Balaban J connectivity index is 2.97. The SMILES string of the molecule is CC(=O)NCCN(Cc1ccc(Cl)c(C(F)(F)F)c1)C(C)C(=O)O. The van der Waals surface area contributed by atoms with Crippen LogP contribution in [-0.2, 0) is 22.3 Å². The highest BCUT2D eigenvalue weighted by Crippen LogP contribution is 2.35. The first-order valence-corrected chi connectivity index (χ1v) is 7.47. The average Bonchev–Trinajstić information content (AvgIpc) is 2.45. The van der Waals surface area contributed by atoms with E-state index in [1.54, 1.807) is 0 Å². The summed E-state index contributed by atoms with van der Waals surface area (Å²) >= 11 is 5.57. The number of carbonyl (C=O) groups excluding carboxylic acids is 1. The van der Waals surface area contributed by atoms with Crippen LogP contribution in [-0.4, -0.2) is 41.0 Å². The van der Waals surface area contributed by atoms with E-state index in [0.29, 0.717) is 0 Å². The number of carbonyl (C=O) groups is 2. The molecule has 0 aliphatic rings. The molecule has 5 nitrogen and oxygen atoms in total. The van der Waals surface area contributed by atoms with E-state index in [4.69, 9.17) is 16.7 Å². The molecule has 1 atom stereocenters. The van der Waals surface area contributed by atoms with Crippen molar-refractivity contribution in [2.45, 2.75) is 32.6 Å². The molecule has 0 bridgehead atoms. The molecular weight excluding hydrogens is 349 g/mol. The Morgan fingerprint density at radius 3 is 2.50 bits per heavy atom. The molecule has 1 rings (SSSR count). The summed E-state index contributed by atoms with van der Waals surface area (Å²) in [5.41, 5.74) is -0.686. The van der Waals surface area contributed by atoms with E-state index in [9.17, 15) is 22.8 Å². The van der Waals surface area contributed by atoms with Crippen LogP contribution in [0.4, 0.5) is 13.2 Å². The van der Waals surface area contributed by atoms with Crippen molar-refractivity contribution in [3.05, 3.63) is 34.3 Å². The van der Waals surface area contributed by atoms with Crippen molar-refractivity contribution in [1.29, 1.82) is 0 Å². The van der Waals surface area contributed by atoms with Crippen LogP contribution < -0.4 is 5.32 Å². The summed E-state index contributed by atoms with van der Waals surface area (Å²) in [6.45, 7) is 3.09. The fourth-order valence-electron chi connectivity index (χ4n) is 2.06. The van der Waals surface area contributed by atoms with Gasteiger partial charge in [0.1, 0.15) is 6.04 Å². The molecule has 0 heterocycles. The Labute approximate surface area is 142 Å². The molecule has 0 aliphatic heterocycles. The number of aliphatic carboxylic acids is 1. The molecule has 24 heavy (non-hydrogen) atoms. The van der Waals surface area contributed by atoms with Crippen molar-refractivity contribution in [2.24, 2.45) is 0 Å². The normalized spacial score (nSPS) is 13.0. The fraction of sp³-hybridized carbons (Fsp3) is 0.467. The number of alkyl halides is 3. The molecule has 9 heteroatoms. The molecule has 1 aromatic rings. The molecule has 0 spiro atoms. The van der Waals surface area contributed by atoms with Crippen molar-refractivity contribution >= 4 is 23.5 Å². The number of rotatable bonds is 7. The maximum Gasteiger partial charge on any atom is 0.417 e. The Hall–Kier alpha value is -1.80. The van der Waals surface area contributed by atoms with Crippen LogP contribution >= 0.6 is 11.6 Å². The van der Waals surface area contributed by atoms with Crippen LogP contribution in [0.15, 0.2) is 18.2 Å². The molecule has 0 saturated heterocycles. The van der Waals surface area contributed by atoms with Crippen LogP contribution in [0.3, 0.4) is 0 Å². The molecule has 134 valence electrons. The van der Waals surface area contributed by atoms with Gasteiger partial charge in [-0.1, -0.05) is 17.7 Å². The summed E-state index contributed by atoms with van der Waals surface area (Å²) in [6.07, 6.45) is -4.59. The lowest BCUT2D eigenvalue weighted by molar-refractivity contribution is -0.143. The molecule has 0 radical (unpaired) electrons. The minimum Gasteiger partial charge on any atom is -0.480 e. The Kier molecular flexibility index (Phi) is 7.04. The molecule has 1 unspecified atom stereocenters. The minimum atomic E-state index is -4.59. The lowest BCUT2D eigenvalue weighted by Crippen LogP contribution is -2.42. The van der Waals surface area contributed by atoms with Crippen molar-refractivity contribution < 1.29 is 27.9 Å². The summed E-state index contributed by atoms with van der Waals surface area (Å²) < 4.78 is 38.7. The first-order chi connectivity index (χ1) is 11.0. The summed E-state index contributed by atoms with van der Waals surface area (Å²) in [4.78, 5) is 23.5. The summed E-state index contributed by atoms with van der Waals surface area (Å²) in [7, 11) is 0. The van der Waals surface area contributed by atoms with Crippen molar-refractivity contribution in [2.75, 3.05) is 13.1 Å². The van der Waals surface area contributed by atoms with Crippen molar-refractivity contribution in [1.82, 2.24) is 10.2 Å². The monoisotopic (exact) mass is 366 g/mol. The van der Waals surface area contributed by atoms with Crippen molar-refractivity contribution in [3.8, 4) is 0 Å². The van der Waals surface area contributed by atoms with Gasteiger partial charge in [0, 0.05) is 26.6 Å². The zero-order valence-electron chi connectivity index (χ0n) is 13.2. The number of nitrogens with one attached hydrogen (secondary N) is 1. The van der Waals surface area contributed by atoms with E-state index >= 15 is 0 Å². The van der Waals surface area contributed by atoms with Gasteiger partial charge in [0.15, 0.2) is 0 Å². The van der Waals surface area contributed by atoms with Crippen LogP contribution in [0.5, 0.6) is 0 Å². The zero-order valence-corrected chi connectivity index (χ0v) is 13.9. The first-order valence-electron chi connectivity index (χ1n) is 7.09. The van der Waals surface area contributed by atoms with E-state index in [0.717, 1.165) is 12.1 Å². The van der Waals surface area contributed by atoms with Crippen LogP contribution in [0.25, 0.3) is 0 Å². The maximum atomic E-state index is 12.9. The molecular formula is C15H18ClF3N2O3. The van der Waals surface area contributed by atoms with Crippen molar-refractivity contribution in [3.63, 3.8) is 0 Å². The number of halogens is 4. The molecule has 0 aliphatic carbocycles. The zero-order chi connectivity index (χ0) is 18.5. The molecule has 2 N–H and O–H groups in total. The van der Waals surface area contributed by atoms with Gasteiger partial charge in [-0.3, -0.25) is 14.5 Å². The Morgan fingerprint density at radius 2 is 2.00 bits per heavy atom. The lowest BCUT2D eigenvalue weighted by Gasteiger charge is -2.26. The van der Waals surface area contributed by atoms with Crippen LogP contribution in [0.1, 0.15) is 25.0 Å². The van der Waals surface area contributed by atoms with E-state index in [1.165, 1.54) is 24.8 Å². The van der Waals surface area contributed by atoms with Gasteiger partial charge in [0.2, 0.25) is 5.91 Å². The van der Waals surface area contributed by atoms with E-state index in [2.05, 4.69) is 5.32 Å². The lowest BCUT2D eigenvalue weighted by atomic mass is 10.1. The Morgan fingerprint density at radius 1 is 1.38 bits per heavy atom. The Bertz CT molecular complexity index is 608. The van der Waals surface area contributed by atoms with E-state index in [1.807, 2.05) is 0 Å². The second-order valence-corrected chi connectivity index (χ2v) is 5.69. The predicted octanol–water partition coefficient (Wildman–Crippen LogP) is 2.77. The molecule has 1 aromatic carbocycles. The fourth-order valence-corrected chi connectivity index (χ4v) is 2.29. The van der Waals surface area contributed by atoms with E-state index in [-0.39, 0.29) is 31.1 Å². The average molecular weight is 367 g/mol. The van der Waals surface area contributed by atoms with Gasteiger partial charge in [0.05, 0.1) is 10.6 Å². The molecule has 1 amide bonds. The second kappa shape index (κ2) is 8.34. The van der Waals surface area contributed by atoms with Gasteiger partial charge < -0.3 is 10.4 Å². The van der Waals surface area contributed by atoms with Gasteiger partial charge in [-0.05, 0) is 24.6 Å². The quantitative estimate of drug-likeness (QED) is 0.778. The number of amides is 1. The number of benzene rings is 1. The smallest absolute Gasteiger partial charge is 0.417 e. The third kappa shape index (κ3) is 6.01. The van der Waals surface area contributed by atoms with E-state index < -0.39 is 28.8 Å². The standard InChI is InChI=1S/C15H18ClF3N2O3/c1-9(14(23)24)21(6-5-20-10(2)22)8-11-3-4-13(16)12(7-11)15(17,18)19/h3-4,7,9H,5-6,8H2,1-2H3,(H,20,22)(H,23,24). The highest BCUT2D eigenvalue weighted by Gasteiger charge is 2.33. The van der Waals surface area contributed by atoms with Gasteiger partial charge in [-0.25, -0.2) is 0 Å². The number of carboxylic acid groups (broad SMARTS) is 1. The second-order valence-electron chi connectivity index (χ2n) is 5.28. The number of carboxylic acids is 1. The molecule has 0 aromatic heterocycles. The number of hydrogen-bond acceptors (Lipinski definition) is 3. The first kappa shape index (κ1) is 20.2. The summed E-state index contributed by atoms with van der Waals surface area (Å²) in [5.74, 6) is -1.38. The topological polar surface area (TPSA) is 69.6 Å². The highest BCUT2D eigenvalue weighted by molar-refractivity contribution is 6.31. The summed E-state index contributed by atoms with van der Waals surface area (Å²) in [6, 6.07) is 2.53. The van der Waals surface area contributed by atoms with Gasteiger partial charge >= 0.3 is 12.1 Å². The van der Waals surface area contributed by atoms with Crippen LogP contribution in [0, 0.1) is 0 Å². The minimum absolute atomic E-state index is 0.0205. The van der Waals surface area contributed by atoms with Gasteiger partial charge in [0.25, 0.3) is 0 Å². The highest BCUT2D eigenvalue weighted by atomic mass is 35.5. The van der Waals surface area contributed by atoms with Crippen LogP contribution in [0.2, 0.25) is 5.02 Å². The van der Waals surface area contributed by atoms with Gasteiger partial charge in [-0.2, -0.15) is 13.2 Å². The largest absolute Gasteiger partial charge is 0.480 e. The maximum absolute atomic E-state index is 12.9. The molecule has 0 fully saturated rings. The molecule has 0 saturated carbocycles. The third-order valence-corrected chi connectivity index (χ3v) is 3.73. The number of nitrogens with zero attached hydrogens (tertiary/aromatic N) is 1. The summed E-state index contributed by atoms with van der Waals surface area (Å²) in [5, 5.41) is 11.2. The number of hydrogen-bond donors (Lipinski definition) is 2. The van der Waals surface area contributed by atoms with Gasteiger partial charge in [-0.15, -0.1) is 0 Å². The third-order valence-electron chi connectivity index (χ3n) is 3.40. The predicted molar refractivity (Wildman–Crippen MR) is 82.6 cm³/mol.